The second-order valence-electron chi connectivity index (χ2n) is 5.89. The minimum Gasteiger partial charge on any atom is -0.492 e. The molecule has 114 valence electrons. The first-order valence-electron chi connectivity index (χ1n) is 7.60. The highest BCUT2D eigenvalue weighted by Crippen LogP contribution is 2.28. The van der Waals surface area contributed by atoms with Crippen LogP contribution in [0.15, 0.2) is 24.3 Å². The fraction of sp³-hybridized carbons (Fsp3) is 0.438. The number of rotatable bonds is 1. The summed E-state index contributed by atoms with van der Waals surface area (Å²) in [5.41, 5.74) is 1.11. The lowest BCUT2D eigenvalue weighted by Crippen LogP contribution is -2.44. The molecule has 4 rings (SSSR count). The fourth-order valence-electron chi connectivity index (χ4n) is 3.24. The summed E-state index contributed by atoms with van der Waals surface area (Å²) in [4.78, 5) is 14.6. The van der Waals surface area contributed by atoms with Crippen LogP contribution in [-0.4, -0.2) is 38.7 Å². The number of carbonyl (C=O) groups is 1. The lowest BCUT2D eigenvalue weighted by atomic mass is 9.95. The topological polar surface area (TPSA) is 60.2 Å². The number of nitrogens with zero attached hydrogens (tertiary/aromatic N) is 4. The smallest absolute Gasteiger partial charge is 0.229 e. The van der Waals surface area contributed by atoms with Crippen molar-refractivity contribution in [3.05, 3.63) is 41.5 Å². The Hall–Kier alpha value is -2.37. The van der Waals surface area contributed by atoms with Crippen molar-refractivity contribution in [3.63, 3.8) is 0 Å². The summed E-state index contributed by atoms with van der Waals surface area (Å²) in [6.45, 7) is 4.42. The molecule has 3 heterocycles. The van der Waals surface area contributed by atoms with Crippen LogP contribution in [0.1, 0.15) is 17.2 Å². The van der Waals surface area contributed by atoms with Crippen LogP contribution < -0.4 is 4.74 Å². The number of aryl methyl sites for hydroxylation is 1. The molecule has 22 heavy (non-hydrogen) atoms. The van der Waals surface area contributed by atoms with Crippen molar-refractivity contribution in [2.45, 2.75) is 26.4 Å². The van der Waals surface area contributed by atoms with Crippen LogP contribution >= 0.6 is 0 Å². The number of carbonyl (C=O) groups excluding carboxylic acids is 1. The molecule has 0 N–H and O–H groups in total. The third kappa shape index (κ3) is 2.15. The molecule has 0 saturated carbocycles. The molecule has 1 unspecified atom stereocenters. The van der Waals surface area contributed by atoms with Gasteiger partial charge in [0.05, 0.1) is 12.5 Å². The van der Waals surface area contributed by atoms with Crippen molar-refractivity contribution in [2.75, 3.05) is 13.2 Å². The maximum absolute atomic E-state index is 12.8. The molecule has 1 aromatic heterocycles. The first-order chi connectivity index (χ1) is 10.7. The maximum Gasteiger partial charge on any atom is 0.229 e. The van der Waals surface area contributed by atoms with Crippen molar-refractivity contribution in [1.29, 1.82) is 0 Å². The zero-order valence-electron chi connectivity index (χ0n) is 12.5. The first-order valence-corrected chi connectivity index (χ1v) is 7.60. The van der Waals surface area contributed by atoms with E-state index < -0.39 is 0 Å². The van der Waals surface area contributed by atoms with Crippen molar-refractivity contribution in [1.82, 2.24) is 19.7 Å². The van der Waals surface area contributed by atoms with Gasteiger partial charge in [0.15, 0.2) is 5.82 Å². The molecule has 1 atom stereocenters. The molecule has 0 bridgehead atoms. The van der Waals surface area contributed by atoms with Gasteiger partial charge >= 0.3 is 0 Å². The van der Waals surface area contributed by atoms with Gasteiger partial charge in [-0.05, 0) is 25.0 Å². The largest absolute Gasteiger partial charge is 0.492 e. The van der Waals surface area contributed by atoms with Crippen LogP contribution in [0.5, 0.6) is 5.75 Å². The van der Waals surface area contributed by atoms with Gasteiger partial charge in [-0.25, -0.2) is 0 Å². The minimum atomic E-state index is -0.106. The fourth-order valence-corrected chi connectivity index (χ4v) is 3.24. The highest BCUT2D eigenvalue weighted by molar-refractivity contribution is 5.79. The van der Waals surface area contributed by atoms with Crippen LogP contribution in [0.2, 0.25) is 0 Å². The van der Waals surface area contributed by atoms with E-state index in [1.165, 1.54) is 0 Å². The number of hydrogen-bond acceptors (Lipinski definition) is 4. The van der Waals surface area contributed by atoms with Gasteiger partial charge in [0, 0.05) is 13.1 Å². The molecule has 2 aromatic rings. The van der Waals surface area contributed by atoms with E-state index in [9.17, 15) is 4.79 Å². The van der Waals surface area contributed by atoms with Crippen LogP contribution in [-0.2, 0) is 24.3 Å². The molecular formula is C16H18N4O2. The maximum atomic E-state index is 12.8. The van der Waals surface area contributed by atoms with Crippen LogP contribution in [0.25, 0.3) is 0 Å². The standard InChI is InChI=1S/C16H18N4O2/c1-11-17-18-15-9-19(6-7-20(11)15)16(21)13-8-12-4-2-3-5-14(12)22-10-13/h2-5,13H,6-10H2,1H3. The van der Waals surface area contributed by atoms with Crippen LogP contribution in [0.3, 0.4) is 0 Å². The van der Waals surface area contributed by atoms with E-state index >= 15 is 0 Å². The summed E-state index contributed by atoms with van der Waals surface area (Å²) in [7, 11) is 0. The van der Waals surface area contributed by atoms with E-state index in [2.05, 4.69) is 14.8 Å². The Kier molecular flexibility index (Phi) is 3.10. The van der Waals surface area contributed by atoms with Crippen LogP contribution in [0.4, 0.5) is 0 Å². The van der Waals surface area contributed by atoms with E-state index in [0.717, 1.165) is 35.9 Å². The van der Waals surface area contributed by atoms with Crippen LogP contribution in [0, 0.1) is 12.8 Å². The lowest BCUT2D eigenvalue weighted by molar-refractivity contribution is -0.138. The van der Waals surface area contributed by atoms with Gasteiger partial charge < -0.3 is 14.2 Å². The summed E-state index contributed by atoms with van der Waals surface area (Å²) >= 11 is 0. The molecule has 2 aliphatic heterocycles. The average Bonchev–Trinajstić information content (AvgIpc) is 2.94. The van der Waals surface area contributed by atoms with E-state index in [1.54, 1.807) is 0 Å². The second kappa shape index (κ2) is 5.12. The summed E-state index contributed by atoms with van der Waals surface area (Å²) in [6.07, 6.45) is 0.747. The van der Waals surface area contributed by atoms with Gasteiger partial charge in [-0.15, -0.1) is 10.2 Å². The zero-order chi connectivity index (χ0) is 15.1. The highest BCUT2D eigenvalue weighted by atomic mass is 16.5. The molecule has 6 heteroatoms. The quantitative estimate of drug-likeness (QED) is 0.793. The number of fused-ring (bicyclic) bond motifs is 2. The molecule has 0 aliphatic carbocycles. The van der Waals surface area contributed by atoms with Gasteiger partial charge in [0.1, 0.15) is 18.2 Å². The number of ether oxygens (including phenoxy) is 1. The van der Waals surface area contributed by atoms with E-state index in [4.69, 9.17) is 4.74 Å². The molecule has 0 radical (unpaired) electrons. The summed E-state index contributed by atoms with van der Waals surface area (Å²) < 4.78 is 7.82. The average molecular weight is 298 g/mol. The monoisotopic (exact) mass is 298 g/mol. The van der Waals surface area contributed by atoms with Crippen molar-refractivity contribution in [2.24, 2.45) is 5.92 Å². The zero-order valence-corrected chi connectivity index (χ0v) is 12.5. The van der Waals surface area contributed by atoms with Crippen molar-refractivity contribution >= 4 is 5.91 Å². The van der Waals surface area contributed by atoms with Gasteiger partial charge in [-0.1, -0.05) is 18.2 Å². The Labute approximate surface area is 128 Å². The number of para-hydroxylation sites is 1. The number of aromatic nitrogens is 3. The molecule has 0 saturated heterocycles. The number of amides is 1. The van der Waals surface area contributed by atoms with Crippen molar-refractivity contribution < 1.29 is 9.53 Å². The SMILES string of the molecule is Cc1nnc2n1CCN(C(=O)C1COc3ccccc3C1)C2. The van der Waals surface area contributed by atoms with Gasteiger partial charge in [-0.3, -0.25) is 4.79 Å². The van der Waals surface area contributed by atoms with Crippen molar-refractivity contribution in [3.8, 4) is 5.75 Å². The Morgan fingerprint density at radius 1 is 1.27 bits per heavy atom. The van der Waals surface area contributed by atoms with Gasteiger partial charge in [0.2, 0.25) is 5.91 Å². The molecule has 0 spiro atoms. The molecule has 1 aromatic carbocycles. The molecule has 1 amide bonds. The number of benzene rings is 1. The van der Waals surface area contributed by atoms with E-state index in [1.807, 2.05) is 36.1 Å². The van der Waals surface area contributed by atoms with E-state index in [0.29, 0.717) is 19.7 Å². The molecule has 6 nitrogen and oxygen atoms in total. The predicted octanol–water partition coefficient (Wildman–Crippen LogP) is 1.18. The van der Waals surface area contributed by atoms with E-state index in [-0.39, 0.29) is 11.8 Å². The van der Waals surface area contributed by atoms with Gasteiger partial charge in [0.25, 0.3) is 0 Å². The normalized spacial score (nSPS) is 20.0. The summed E-state index contributed by atoms with van der Waals surface area (Å²) in [6, 6.07) is 7.94. The minimum absolute atomic E-state index is 0.106. The lowest BCUT2D eigenvalue weighted by Gasteiger charge is -2.32. The number of hydrogen-bond donors (Lipinski definition) is 0. The first kappa shape index (κ1) is 13.3. The Bertz CT molecular complexity index is 725. The van der Waals surface area contributed by atoms with Gasteiger partial charge in [-0.2, -0.15) is 0 Å². The third-order valence-electron chi connectivity index (χ3n) is 4.48. The second-order valence-corrected chi connectivity index (χ2v) is 5.89. The molecule has 2 aliphatic rings. The Balaban J connectivity index is 1.49. The summed E-state index contributed by atoms with van der Waals surface area (Å²) in [5.74, 6) is 2.73. The molecule has 0 fully saturated rings. The molecular weight excluding hydrogens is 280 g/mol. The Morgan fingerprint density at radius 2 is 2.14 bits per heavy atom. The third-order valence-corrected chi connectivity index (χ3v) is 4.48. The Morgan fingerprint density at radius 3 is 3.05 bits per heavy atom. The summed E-state index contributed by atoms with van der Waals surface area (Å²) in [5, 5.41) is 8.24. The highest BCUT2D eigenvalue weighted by Gasteiger charge is 2.32. The predicted molar refractivity (Wildman–Crippen MR) is 79.3 cm³/mol.